The molecule has 70 valence electrons. The Morgan fingerprint density at radius 2 is 2.15 bits per heavy atom. The molecule has 13 heavy (non-hydrogen) atoms. The molecule has 0 heterocycles. The predicted octanol–water partition coefficient (Wildman–Crippen LogP) is 3.51. The summed E-state index contributed by atoms with van der Waals surface area (Å²) in [7, 11) is 0. The quantitative estimate of drug-likeness (QED) is 0.600. The number of ketones is 1. The maximum Gasteiger partial charge on any atom is 0.162 e. The molecule has 1 nitrogen and oxygen atoms in total. The van der Waals surface area contributed by atoms with Gasteiger partial charge in [0, 0.05) is 4.47 Å². The summed E-state index contributed by atoms with van der Waals surface area (Å²) in [6.07, 6.45) is 1.77. The third-order valence-corrected chi connectivity index (χ3v) is 3.36. The molecule has 0 amide bonds. The van der Waals surface area contributed by atoms with E-state index in [1.54, 1.807) is 12.3 Å². The Balaban J connectivity index is 3.35. The Hall–Kier alpha value is -0.350. The summed E-state index contributed by atoms with van der Waals surface area (Å²) in [5.41, 5.74) is 0.146. The van der Waals surface area contributed by atoms with Crippen molar-refractivity contribution in [2.75, 3.05) is 6.26 Å². The second kappa shape index (κ2) is 4.24. The summed E-state index contributed by atoms with van der Waals surface area (Å²) in [5, 5.41) is 0. The Morgan fingerprint density at radius 1 is 1.54 bits per heavy atom. The Labute approximate surface area is 88.8 Å². The Kier molecular flexibility index (Phi) is 3.50. The zero-order chi connectivity index (χ0) is 10.0. The van der Waals surface area contributed by atoms with Crippen LogP contribution < -0.4 is 0 Å². The van der Waals surface area contributed by atoms with Crippen LogP contribution in [-0.2, 0) is 0 Å². The van der Waals surface area contributed by atoms with Crippen molar-refractivity contribution in [2.45, 2.75) is 11.8 Å². The van der Waals surface area contributed by atoms with Crippen LogP contribution in [0.2, 0.25) is 0 Å². The van der Waals surface area contributed by atoms with Gasteiger partial charge in [0.25, 0.3) is 0 Å². The molecule has 0 radical (unpaired) electrons. The minimum Gasteiger partial charge on any atom is -0.294 e. The molecule has 0 aliphatic heterocycles. The van der Waals surface area contributed by atoms with E-state index in [0.717, 1.165) is 0 Å². The van der Waals surface area contributed by atoms with Crippen LogP contribution in [0.3, 0.4) is 0 Å². The fourth-order valence-corrected chi connectivity index (χ4v) is 2.34. The highest BCUT2D eigenvalue weighted by atomic mass is 79.9. The van der Waals surface area contributed by atoms with E-state index in [1.165, 1.54) is 24.8 Å². The van der Waals surface area contributed by atoms with E-state index in [4.69, 9.17) is 0 Å². The third kappa shape index (κ3) is 2.11. The lowest BCUT2D eigenvalue weighted by Crippen LogP contribution is -1.98. The van der Waals surface area contributed by atoms with Gasteiger partial charge in [0.2, 0.25) is 0 Å². The highest BCUT2D eigenvalue weighted by Gasteiger charge is 2.13. The first-order valence-corrected chi connectivity index (χ1v) is 5.62. The van der Waals surface area contributed by atoms with Crippen molar-refractivity contribution in [1.29, 1.82) is 0 Å². The normalized spacial score (nSPS) is 10.2. The van der Waals surface area contributed by atoms with Gasteiger partial charge in [-0.1, -0.05) is 0 Å². The summed E-state index contributed by atoms with van der Waals surface area (Å²) >= 11 is 4.50. The van der Waals surface area contributed by atoms with Gasteiger partial charge in [-0.3, -0.25) is 4.79 Å². The van der Waals surface area contributed by atoms with Crippen molar-refractivity contribution in [3.8, 4) is 0 Å². The van der Waals surface area contributed by atoms with Gasteiger partial charge >= 0.3 is 0 Å². The zero-order valence-electron chi connectivity index (χ0n) is 7.23. The molecule has 0 unspecified atom stereocenters. The number of carbonyl (C=O) groups excluding carboxylic acids is 1. The second-order valence-electron chi connectivity index (χ2n) is 2.50. The number of thioether (sulfide) groups is 1. The number of rotatable bonds is 2. The number of Topliss-reactive ketones (excluding diaryl/α,β-unsaturated/α-hetero) is 1. The fourth-order valence-electron chi connectivity index (χ4n) is 0.992. The van der Waals surface area contributed by atoms with Gasteiger partial charge in [-0.2, -0.15) is 0 Å². The zero-order valence-corrected chi connectivity index (χ0v) is 9.63. The molecular formula is C9H8BrFOS. The first-order chi connectivity index (χ1) is 6.07. The largest absolute Gasteiger partial charge is 0.294 e. The van der Waals surface area contributed by atoms with Crippen LogP contribution >= 0.6 is 27.7 Å². The van der Waals surface area contributed by atoms with Gasteiger partial charge in [-0.25, -0.2) is 4.39 Å². The first-order valence-electron chi connectivity index (χ1n) is 3.61. The van der Waals surface area contributed by atoms with Gasteiger partial charge in [0.05, 0.1) is 10.5 Å². The number of hydrogen-bond acceptors (Lipinski definition) is 2. The average Bonchev–Trinajstić information content (AvgIpc) is 2.04. The van der Waals surface area contributed by atoms with Crippen LogP contribution in [0.15, 0.2) is 21.5 Å². The van der Waals surface area contributed by atoms with Gasteiger partial charge in [-0.05, 0) is 41.2 Å². The van der Waals surface area contributed by atoms with Gasteiger partial charge in [0.15, 0.2) is 5.78 Å². The molecule has 1 rings (SSSR count). The molecule has 1 aromatic rings. The molecular weight excluding hydrogens is 255 g/mol. The topological polar surface area (TPSA) is 17.1 Å². The molecule has 0 fully saturated rings. The van der Waals surface area contributed by atoms with Crippen molar-refractivity contribution in [1.82, 2.24) is 0 Å². The minimum atomic E-state index is -0.436. The minimum absolute atomic E-state index is 0.146. The molecule has 4 heteroatoms. The van der Waals surface area contributed by atoms with E-state index in [-0.39, 0.29) is 11.3 Å². The monoisotopic (exact) mass is 262 g/mol. The van der Waals surface area contributed by atoms with Gasteiger partial charge < -0.3 is 0 Å². The molecule has 0 saturated heterocycles. The molecule has 1 aromatic carbocycles. The van der Waals surface area contributed by atoms with E-state index >= 15 is 0 Å². The fraction of sp³-hybridized carbons (Fsp3) is 0.222. The number of hydrogen-bond donors (Lipinski definition) is 0. The Morgan fingerprint density at radius 3 is 2.62 bits per heavy atom. The summed E-state index contributed by atoms with van der Waals surface area (Å²) in [4.78, 5) is 11.5. The average molecular weight is 263 g/mol. The molecule has 0 N–H and O–H groups in total. The molecule has 0 aliphatic carbocycles. The summed E-state index contributed by atoms with van der Waals surface area (Å²) < 4.78 is 14.2. The molecule has 0 saturated carbocycles. The van der Waals surface area contributed by atoms with Crippen molar-refractivity contribution in [3.63, 3.8) is 0 Å². The van der Waals surface area contributed by atoms with Crippen LogP contribution in [0.25, 0.3) is 0 Å². The predicted molar refractivity (Wildman–Crippen MR) is 55.9 cm³/mol. The second-order valence-corrected chi connectivity index (χ2v) is 4.17. The molecule has 0 aromatic heterocycles. The van der Waals surface area contributed by atoms with E-state index < -0.39 is 5.82 Å². The summed E-state index contributed by atoms with van der Waals surface area (Å²) in [6.45, 7) is 1.36. The smallest absolute Gasteiger partial charge is 0.162 e. The van der Waals surface area contributed by atoms with Crippen LogP contribution in [0.4, 0.5) is 4.39 Å². The Bertz CT molecular complexity index is 352. The third-order valence-electron chi connectivity index (χ3n) is 1.63. The van der Waals surface area contributed by atoms with Crippen molar-refractivity contribution < 1.29 is 9.18 Å². The lowest BCUT2D eigenvalue weighted by molar-refractivity contribution is 0.101. The van der Waals surface area contributed by atoms with Gasteiger partial charge in [0.1, 0.15) is 5.82 Å². The number of benzene rings is 1. The maximum absolute atomic E-state index is 13.5. The first kappa shape index (κ1) is 10.7. The van der Waals surface area contributed by atoms with Crippen molar-refractivity contribution in [3.05, 3.63) is 28.0 Å². The van der Waals surface area contributed by atoms with Crippen molar-refractivity contribution in [2.24, 2.45) is 0 Å². The lowest BCUT2D eigenvalue weighted by atomic mass is 10.1. The lowest BCUT2D eigenvalue weighted by Gasteiger charge is -2.05. The summed E-state index contributed by atoms with van der Waals surface area (Å²) in [6, 6.07) is 3.17. The SMILES string of the molecule is CSc1c(Br)ccc(C(C)=O)c1F. The number of carbonyl (C=O) groups is 1. The van der Waals surface area contributed by atoms with E-state index in [0.29, 0.717) is 9.37 Å². The summed E-state index contributed by atoms with van der Waals surface area (Å²) in [5.74, 6) is -0.685. The van der Waals surface area contributed by atoms with Crippen LogP contribution in [0.1, 0.15) is 17.3 Å². The van der Waals surface area contributed by atoms with Crippen LogP contribution in [0, 0.1) is 5.82 Å². The molecule has 0 spiro atoms. The maximum atomic E-state index is 13.5. The van der Waals surface area contributed by atoms with E-state index in [1.807, 2.05) is 0 Å². The highest BCUT2D eigenvalue weighted by Crippen LogP contribution is 2.30. The van der Waals surface area contributed by atoms with Gasteiger partial charge in [-0.15, -0.1) is 11.8 Å². The standard InChI is InChI=1S/C9H8BrFOS/c1-5(12)6-3-4-7(10)9(13-2)8(6)11/h3-4H,1-2H3. The highest BCUT2D eigenvalue weighted by molar-refractivity contribution is 9.10. The van der Waals surface area contributed by atoms with Crippen LogP contribution in [-0.4, -0.2) is 12.0 Å². The molecule has 0 aliphatic rings. The van der Waals surface area contributed by atoms with E-state index in [2.05, 4.69) is 15.9 Å². The van der Waals surface area contributed by atoms with Crippen LogP contribution in [0.5, 0.6) is 0 Å². The van der Waals surface area contributed by atoms with Crippen molar-refractivity contribution >= 4 is 33.5 Å². The molecule has 0 atom stereocenters. The van der Waals surface area contributed by atoms with E-state index in [9.17, 15) is 9.18 Å². The molecule has 0 bridgehead atoms. The number of halogens is 2.